The van der Waals surface area contributed by atoms with Crippen molar-refractivity contribution in [2.75, 3.05) is 19.7 Å². The fourth-order valence-electron chi connectivity index (χ4n) is 2.77. The van der Waals surface area contributed by atoms with Gasteiger partial charge in [0, 0.05) is 13.1 Å². The van der Waals surface area contributed by atoms with E-state index in [1.54, 1.807) is 4.90 Å². The Kier molecular flexibility index (Phi) is 5.25. The van der Waals surface area contributed by atoms with Crippen LogP contribution in [0.1, 0.15) is 46.5 Å². The van der Waals surface area contributed by atoms with Gasteiger partial charge in [-0.05, 0) is 32.6 Å². The van der Waals surface area contributed by atoms with E-state index in [-0.39, 0.29) is 12.6 Å². The lowest BCUT2D eigenvalue weighted by molar-refractivity contribution is 0.0976. The van der Waals surface area contributed by atoms with Crippen molar-refractivity contribution in [2.24, 2.45) is 5.92 Å². The molecule has 0 aliphatic heterocycles. The maximum Gasteiger partial charge on any atom is 0.317 e. The predicted molar refractivity (Wildman–Crippen MR) is 68.9 cm³/mol. The van der Waals surface area contributed by atoms with Gasteiger partial charge in [-0.3, -0.25) is 0 Å². The number of aliphatic hydroxyl groups is 1. The monoisotopic (exact) mass is 242 g/mol. The number of amides is 2. The van der Waals surface area contributed by atoms with Crippen LogP contribution in [0.25, 0.3) is 0 Å². The summed E-state index contributed by atoms with van der Waals surface area (Å²) >= 11 is 0. The van der Waals surface area contributed by atoms with Crippen molar-refractivity contribution < 1.29 is 9.90 Å². The van der Waals surface area contributed by atoms with Gasteiger partial charge in [0.05, 0.1) is 12.1 Å². The Balaban J connectivity index is 2.64. The van der Waals surface area contributed by atoms with Crippen LogP contribution in [0.5, 0.6) is 0 Å². The number of aliphatic hydroxyl groups excluding tert-OH is 1. The molecule has 4 nitrogen and oxygen atoms in total. The van der Waals surface area contributed by atoms with Crippen molar-refractivity contribution in [2.45, 2.75) is 52.0 Å². The summed E-state index contributed by atoms with van der Waals surface area (Å²) in [5.41, 5.74) is -0.392. The average molecular weight is 242 g/mol. The number of hydrogen-bond acceptors (Lipinski definition) is 2. The summed E-state index contributed by atoms with van der Waals surface area (Å²) in [7, 11) is 0. The van der Waals surface area contributed by atoms with Gasteiger partial charge in [0.25, 0.3) is 0 Å². The van der Waals surface area contributed by atoms with Crippen LogP contribution < -0.4 is 5.32 Å². The van der Waals surface area contributed by atoms with Crippen LogP contribution in [0.2, 0.25) is 0 Å². The smallest absolute Gasteiger partial charge is 0.317 e. The molecule has 0 heterocycles. The summed E-state index contributed by atoms with van der Waals surface area (Å²) in [6.45, 7) is 7.59. The van der Waals surface area contributed by atoms with Gasteiger partial charge in [0.15, 0.2) is 0 Å². The number of rotatable bonds is 4. The van der Waals surface area contributed by atoms with E-state index in [0.29, 0.717) is 19.0 Å². The molecule has 0 aromatic rings. The van der Waals surface area contributed by atoms with E-state index < -0.39 is 5.54 Å². The minimum atomic E-state index is -0.392. The third kappa shape index (κ3) is 3.60. The first kappa shape index (κ1) is 14.3. The number of nitrogens with one attached hydrogen (secondary N) is 1. The van der Waals surface area contributed by atoms with E-state index >= 15 is 0 Å². The van der Waals surface area contributed by atoms with E-state index in [0.717, 1.165) is 19.3 Å². The minimum absolute atomic E-state index is 0.0434. The van der Waals surface area contributed by atoms with Crippen LogP contribution in [0, 0.1) is 5.92 Å². The third-order valence-electron chi connectivity index (χ3n) is 3.82. The van der Waals surface area contributed by atoms with Gasteiger partial charge in [0.2, 0.25) is 0 Å². The van der Waals surface area contributed by atoms with Crippen molar-refractivity contribution in [3.05, 3.63) is 0 Å². The summed E-state index contributed by atoms with van der Waals surface area (Å²) in [4.78, 5) is 13.8. The van der Waals surface area contributed by atoms with E-state index in [1.807, 2.05) is 13.8 Å². The molecule has 4 heteroatoms. The fourth-order valence-corrected chi connectivity index (χ4v) is 2.77. The lowest BCUT2D eigenvalue weighted by Crippen LogP contribution is -2.57. The molecule has 0 aromatic heterocycles. The van der Waals surface area contributed by atoms with Gasteiger partial charge in [-0.15, -0.1) is 0 Å². The molecule has 1 rings (SSSR count). The quantitative estimate of drug-likeness (QED) is 0.792. The van der Waals surface area contributed by atoms with Crippen molar-refractivity contribution in [1.82, 2.24) is 10.2 Å². The standard InChI is InChI=1S/C13H26N2O2/c1-4-15(5-2)12(17)14-13(10-16)8-6-7-11(3)9-13/h11,16H,4-10H2,1-3H3,(H,14,17). The van der Waals surface area contributed by atoms with Crippen LogP contribution in [-0.4, -0.2) is 41.3 Å². The Morgan fingerprint density at radius 2 is 2.12 bits per heavy atom. The van der Waals surface area contributed by atoms with E-state index in [2.05, 4.69) is 12.2 Å². The van der Waals surface area contributed by atoms with Gasteiger partial charge in [-0.2, -0.15) is 0 Å². The number of carbonyl (C=O) groups excluding carboxylic acids is 1. The maximum atomic E-state index is 12.0. The summed E-state index contributed by atoms with van der Waals surface area (Å²) in [5.74, 6) is 0.577. The van der Waals surface area contributed by atoms with Crippen molar-refractivity contribution >= 4 is 6.03 Å². The Morgan fingerprint density at radius 3 is 2.59 bits per heavy atom. The maximum absolute atomic E-state index is 12.0. The molecule has 1 aliphatic rings. The summed E-state index contributed by atoms with van der Waals surface area (Å²) in [6, 6.07) is -0.0434. The van der Waals surface area contributed by atoms with Crippen molar-refractivity contribution in [3.63, 3.8) is 0 Å². The molecule has 1 saturated carbocycles. The van der Waals surface area contributed by atoms with Crippen molar-refractivity contribution in [3.8, 4) is 0 Å². The molecule has 100 valence electrons. The van der Waals surface area contributed by atoms with E-state index in [9.17, 15) is 9.90 Å². The molecule has 0 spiro atoms. The Hall–Kier alpha value is -0.770. The first-order chi connectivity index (χ1) is 8.06. The molecule has 0 bridgehead atoms. The predicted octanol–water partition coefficient (Wildman–Crippen LogP) is 1.98. The molecule has 1 fully saturated rings. The number of urea groups is 1. The molecule has 2 atom stereocenters. The van der Waals surface area contributed by atoms with E-state index in [4.69, 9.17) is 0 Å². The lowest BCUT2D eigenvalue weighted by Gasteiger charge is -2.40. The number of carbonyl (C=O) groups is 1. The second-order valence-electron chi connectivity index (χ2n) is 5.24. The van der Waals surface area contributed by atoms with Gasteiger partial charge < -0.3 is 15.3 Å². The second kappa shape index (κ2) is 6.24. The van der Waals surface area contributed by atoms with Crippen LogP contribution in [0.15, 0.2) is 0 Å². The van der Waals surface area contributed by atoms with Crippen LogP contribution in [-0.2, 0) is 0 Å². The highest BCUT2D eigenvalue weighted by Gasteiger charge is 2.36. The first-order valence-electron chi connectivity index (χ1n) is 6.75. The molecule has 0 aromatic carbocycles. The topological polar surface area (TPSA) is 52.6 Å². The van der Waals surface area contributed by atoms with Gasteiger partial charge in [-0.25, -0.2) is 4.79 Å². The number of nitrogens with zero attached hydrogens (tertiary/aromatic N) is 1. The fraction of sp³-hybridized carbons (Fsp3) is 0.923. The highest BCUT2D eigenvalue weighted by Crippen LogP contribution is 2.32. The Labute approximate surface area is 104 Å². The molecule has 0 radical (unpaired) electrons. The summed E-state index contributed by atoms with van der Waals surface area (Å²) in [5, 5.41) is 12.7. The van der Waals surface area contributed by atoms with E-state index in [1.165, 1.54) is 6.42 Å². The summed E-state index contributed by atoms with van der Waals surface area (Å²) < 4.78 is 0. The third-order valence-corrected chi connectivity index (χ3v) is 3.82. The first-order valence-corrected chi connectivity index (χ1v) is 6.75. The molecule has 2 N–H and O–H groups in total. The SMILES string of the molecule is CCN(CC)C(=O)NC1(CO)CCCC(C)C1. The highest BCUT2D eigenvalue weighted by atomic mass is 16.3. The molecule has 1 aliphatic carbocycles. The highest BCUT2D eigenvalue weighted by molar-refractivity contribution is 5.75. The van der Waals surface area contributed by atoms with Crippen molar-refractivity contribution in [1.29, 1.82) is 0 Å². The zero-order valence-electron chi connectivity index (χ0n) is 11.3. The largest absolute Gasteiger partial charge is 0.394 e. The Bertz CT molecular complexity index is 254. The molecular weight excluding hydrogens is 216 g/mol. The molecule has 0 saturated heterocycles. The zero-order chi connectivity index (χ0) is 12.9. The molecule has 17 heavy (non-hydrogen) atoms. The molecule has 2 unspecified atom stereocenters. The van der Waals surface area contributed by atoms with Gasteiger partial charge in [-0.1, -0.05) is 19.8 Å². The number of hydrogen-bond donors (Lipinski definition) is 2. The zero-order valence-corrected chi connectivity index (χ0v) is 11.3. The van der Waals surface area contributed by atoms with Crippen LogP contribution in [0.4, 0.5) is 4.79 Å². The summed E-state index contributed by atoms with van der Waals surface area (Å²) in [6.07, 6.45) is 4.06. The minimum Gasteiger partial charge on any atom is -0.394 e. The second-order valence-corrected chi connectivity index (χ2v) is 5.24. The normalized spacial score (nSPS) is 28.8. The molecule has 2 amide bonds. The average Bonchev–Trinajstić information content (AvgIpc) is 2.30. The lowest BCUT2D eigenvalue weighted by atomic mass is 9.77. The van der Waals surface area contributed by atoms with Gasteiger partial charge >= 0.3 is 6.03 Å². The molecular formula is C13H26N2O2. The van der Waals surface area contributed by atoms with Gasteiger partial charge in [0.1, 0.15) is 0 Å². The van der Waals surface area contributed by atoms with Crippen LogP contribution >= 0.6 is 0 Å². The van der Waals surface area contributed by atoms with Crippen LogP contribution in [0.3, 0.4) is 0 Å². The Morgan fingerprint density at radius 1 is 1.47 bits per heavy atom.